The van der Waals surface area contributed by atoms with E-state index in [9.17, 15) is 24.6 Å². The van der Waals surface area contributed by atoms with Gasteiger partial charge in [-0.05, 0) is 17.7 Å². The topological polar surface area (TPSA) is 113 Å². The number of nitrogens with zero attached hydrogens (tertiary/aromatic N) is 1. The Hall–Kier alpha value is -2.91. The first-order chi connectivity index (χ1) is 14.0. The molecule has 0 bridgehead atoms. The molecule has 2 aliphatic rings. The van der Waals surface area contributed by atoms with E-state index in [-0.39, 0.29) is 17.7 Å². The van der Waals surface area contributed by atoms with E-state index in [1.807, 2.05) is 30.3 Å². The molecule has 5 atom stereocenters. The second kappa shape index (κ2) is 7.84. The number of rotatable bonds is 5. The predicted octanol–water partition coefficient (Wildman–Crippen LogP) is 0.514. The fourth-order valence-electron chi connectivity index (χ4n) is 3.63. The molecule has 0 radical (unpaired) electrons. The van der Waals surface area contributed by atoms with Crippen LogP contribution in [0.25, 0.3) is 0 Å². The summed E-state index contributed by atoms with van der Waals surface area (Å²) in [6.07, 6.45) is -5.53. The van der Waals surface area contributed by atoms with Gasteiger partial charge in [-0.2, -0.15) is 0 Å². The van der Waals surface area contributed by atoms with Crippen LogP contribution in [0, 0.1) is 0 Å². The lowest BCUT2D eigenvalue weighted by Gasteiger charge is -2.43. The molecule has 29 heavy (non-hydrogen) atoms. The zero-order valence-corrected chi connectivity index (χ0v) is 15.3. The van der Waals surface area contributed by atoms with Crippen LogP contribution >= 0.6 is 0 Å². The zero-order chi connectivity index (χ0) is 20.5. The van der Waals surface area contributed by atoms with Crippen molar-refractivity contribution in [3.05, 3.63) is 71.3 Å². The third kappa shape index (κ3) is 3.36. The standard InChI is InChI=1S/C21H19NO7/c23-10-15-17(24)18(25)16(21(29-15)28-11-12-6-2-1-3-7-12)22-19(26)13-8-4-5-9-14(13)20(22)27/h1-10,15-18,21,24-25H,11H2/t15-,16-,17-,18-,21-/m1/s1. The molecule has 0 saturated carbocycles. The molecule has 0 unspecified atom stereocenters. The van der Waals surface area contributed by atoms with E-state index >= 15 is 0 Å². The van der Waals surface area contributed by atoms with Crippen molar-refractivity contribution < 1.29 is 34.1 Å². The van der Waals surface area contributed by atoms with Gasteiger partial charge >= 0.3 is 0 Å². The highest BCUT2D eigenvalue weighted by Gasteiger charge is 2.53. The number of hydrogen-bond donors (Lipinski definition) is 2. The van der Waals surface area contributed by atoms with Gasteiger partial charge < -0.3 is 24.5 Å². The zero-order valence-electron chi connectivity index (χ0n) is 15.3. The Kier molecular flexibility index (Phi) is 5.25. The normalized spacial score (nSPS) is 29.0. The molecule has 0 spiro atoms. The Labute approximate surface area is 166 Å². The fraction of sp³-hybridized carbons (Fsp3) is 0.286. The Bertz CT molecular complexity index is 897. The van der Waals surface area contributed by atoms with Gasteiger partial charge in [0.15, 0.2) is 12.6 Å². The summed E-state index contributed by atoms with van der Waals surface area (Å²) in [5.41, 5.74) is 1.18. The average molecular weight is 397 g/mol. The summed E-state index contributed by atoms with van der Waals surface area (Å²) in [6.45, 7) is 0.0551. The number of aliphatic hydroxyl groups is 2. The molecule has 2 heterocycles. The predicted molar refractivity (Wildman–Crippen MR) is 98.7 cm³/mol. The summed E-state index contributed by atoms with van der Waals surface area (Å²) in [4.78, 5) is 37.8. The van der Waals surface area contributed by atoms with Crippen LogP contribution in [0.1, 0.15) is 26.3 Å². The summed E-state index contributed by atoms with van der Waals surface area (Å²) < 4.78 is 11.3. The number of carbonyl (C=O) groups excluding carboxylic acids is 3. The molecule has 2 N–H and O–H groups in total. The molecule has 4 rings (SSSR count). The van der Waals surface area contributed by atoms with Crippen molar-refractivity contribution in [1.29, 1.82) is 0 Å². The van der Waals surface area contributed by atoms with Crippen LogP contribution in [0.15, 0.2) is 54.6 Å². The number of ether oxygens (including phenoxy) is 2. The van der Waals surface area contributed by atoms with E-state index in [0.29, 0.717) is 6.29 Å². The van der Waals surface area contributed by atoms with E-state index in [1.165, 1.54) is 12.1 Å². The van der Waals surface area contributed by atoms with Gasteiger partial charge in [0.25, 0.3) is 11.8 Å². The molecule has 150 valence electrons. The SMILES string of the molecule is O=C[C@H]1O[C@@H](OCc2ccccc2)[C@H](N2C(=O)c3ccccc3C2=O)[C@@H](O)[C@@H]1O. The van der Waals surface area contributed by atoms with Crippen LogP contribution in [0.3, 0.4) is 0 Å². The highest BCUT2D eigenvalue weighted by Crippen LogP contribution is 2.32. The number of aldehydes is 1. The smallest absolute Gasteiger partial charge is 0.262 e. The minimum atomic E-state index is -1.62. The van der Waals surface area contributed by atoms with Crippen LogP contribution in [0.5, 0.6) is 0 Å². The van der Waals surface area contributed by atoms with Crippen molar-refractivity contribution in [2.75, 3.05) is 0 Å². The van der Waals surface area contributed by atoms with Crippen molar-refractivity contribution in [3.8, 4) is 0 Å². The van der Waals surface area contributed by atoms with Gasteiger partial charge in [0.05, 0.1) is 17.7 Å². The third-order valence-electron chi connectivity index (χ3n) is 5.12. The molecule has 2 aromatic carbocycles. The largest absolute Gasteiger partial charge is 0.388 e. The Morgan fingerprint density at radius 2 is 1.52 bits per heavy atom. The summed E-state index contributed by atoms with van der Waals surface area (Å²) in [6, 6.07) is 14.0. The van der Waals surface area contributed by atoms with E-state index in [2.05, 4.69) is 0 Å². The van der Waals surface area contributed by atoms with Gasteiger partial charge in [-0.3, -0.25) is 14.5 Å². The highest BCUT2D eigenvalue weighted by atomic mass is 16.7. The van der Waals surface area contributed by atoms with Gasteiger partial charge in [-0.15, -0.1) is 0 Å². The van der Waals surface area contributed by atoms with Crippen molar-refractivity contribution >= 4 is 18.1 Å². The Balaban J connectivity index is 1.65. The summed E-state index contributed by atoms with van der Waals surface area (Å²) >= 11 is 0. The fourth-order valence-corrected chi connectivity index (χ4v) is 3.63. The molecule has 1 fully saturated rings. The average Bonchev–Trinajstić information content (AvgIpc) is 3.00. The maximum atomic E-state index is 12.9. The second-order valence-corrected chi connectivity index (χ2v) is 6.90. The van der Waals surface area contributed by atoms with Crippen LogP contribution in [-0.2, 0) is 20.9 Å². The summed E-state index contributed by atoms with van der Waals surface area (Å²) in [5.74, 6) is -1.24. The molecular weight excluding hydrogens is 378 g/mol. The van der Waals surface area contributed by atoms with Crippen molar-refractivity contribution in [1.82, 2.24) is 4.90 Å². The van der Waals surface area contributed by atoms with Crippen molar-refractivity contribution in [2.24, 2.45) is 0 Å². The summed E-state index contributed by atoms with van der Waals surface area (Å²) in [7, 11) is 0. The first-order valence-electron chi connectivity index (χ1n) is 9.12. The van der Waals surface area contributed by atoms with Crippen LogP contribution in [0.2, 0.25) is 0 Å². The number of fused-ring (bicyclic) bond motifs is 1. The molecule has 2 aromatic rings. The van der Waals surface area contributed by atoms with E-state index in [0.717, 1.165) is 10.5 Å². The number of imide groups is 1. The van der Waals surface area contributed by atoms with Gasteiger partial charge in [0.2, 0.25) is 0 Å². The van der Waals surface area contributed by atoms with E-state index in [4.69, 9.17) is 9.47 Å². The molecule has 8 heteroatoms. The van der Waals surface area contributed by atoms with Gasteiger partial charge in [0.1, 0.15) is 24.4 Å². The van der Waals surface area contributed by atoms with Crippen molar-refractivity contribution in [2.45, 2.75) is 37.3 Å². The second-order valence-electron chi connectivity index (χ2n) is 6.90. The molecule has 0 aliphatic carbocycles. The maximum absolute atomic E-state index is 12.9. The minimum absolute atomic E-state index is 0.0551. The van der Waals surface area contributed by atoms with E-state index in [1.54, 1.807) is 12.1 Å². The van der Waals surface area contributed by atoms with Crippen molar-refractivity contribution in [3.63, 3.8) is 0 Å². The molecule has 0 aromatic heterocycles. The monoisotopic (exact) mass is 397 g/mol. The molecule has 2 amide bonds. The van der Waals surface area contributed by atoms with E-state index < -0.39 is 42.5 Å². The summed E-state index contributed by atoms with van der Waals surface area (Å²) in [5, 5.41) is 20.9. The van der Waals surface area contributed by atoms with Gasteiger partial charge in [0, 0.05) is 0 Å². The van der Waals surface area contributed by atoms with Crippen LogP contribution < -0.4 is 0 Å². The lowest BCUT2D eigenvalue weighted by Crippen LogP contribution is -2.65. The lowest BCUT2D eigenvalue weighted by atomic mass is 9.96. The minimum Gasteiger partial charge on any atom is -0.388 e. The quantitative estimate of drug-likeness (QED) is 0.558. The first-order valence-corrected chi connectivity index (χ1v) is 9.12. The lowest BCUT2D eigenvalue weighted by molar-refractivity contribution is -0.268. The third-order valence-corrected chi connectivity index (χ3v) is 5.12. The maximum Gasteiger partial charge on any atom is 0.262 e. The molecule has 8 nitrogen and oxygen atoms in total. The van der Waals surface area contributed by atoms with Crippen LogP contribution in [-0.4, -0.2) is 63.9 Å². The molecule has 1 saturated heterocycles. The highest BCUT2D eigenvalue weighted by molar-refractivity contribution is 6.21. The number of carbonyl (C=O) groups is 3. The number of amides is 2. The van der Waals surface area contributed by atoms with Crippen LogP contribution in [0.4, 0.5) is 0 Å². The molecule has 2 aliphatic heterocycles. The number of hydrogen-bond acceptors (Lipinski definition) is 7. The Morgan fingerprint density at radius 3 is 2.10 bits per heavy atom. The Morgan fingerprint density at radius 1 is 0.931 bits per heavy atom. The molecular formula is C21H19NO7. The van der Waals surface area contributed by atoms with Gasteiger partial charge in [-0.1, -0.05) is 42.5 Å². The first kappa shape index (κ1) is 19.4. The number of aliphatic hydroxyl groups excluding tert-OH is 2. The number of benzene rings is 2. The van der Waals surface area contributed by atoms with Gasteiger partial charge in [-0.25, -0.2) is 0 Å².